The summed E-state index contributed by atoms with van der Waals surface area (Å²) < 4.78 is 12.4. The summed E-state index contributed by atoms with van der Waals surface area (Å²) in [4.78, 5) is 17.1. The molecule has 1 heterocycles. The van der Waals surface area contributed by atoms with Crippen LogP contribution in [0.15, 0.2) is 27.1 Å². The SMILES string of the molecule is CC1CCC([C@H](NC(=O)OC(C)(C)C)c2nc3cc(Br)ccc3o2)CC1. The Hall–Kier alpha value is -1.56. The van der Waals surface area contributed by atoms with E-state index in [1.165, 1.54) is 0 Å². The van der Waals surface area contributed by atoms with Crippen LogP contribution in [0.2, 0.25) is 0 Å². The highest BCUT2D eigenvalue weighted by Gasteiger charge is 2.33. The van der Waals surface area contributed by atoms with Gasteiger partial charge in [0.25, 0.3) is 0 Å². The second-order valence-electron chi connectivity index (χ2n) is 8.31. The van der Waals surface area contributed by atoms with Crippen LogP contribution in [0.5, 0.6) is 0 Å². The summed E-state index contributed by atoms with van der Waals surface area (Å²) in [6.07, 6.45) is 3.98. The van der Waals surface area contributed by atoms with Crippen LogP contribution in [0.4, 0.5) is 4.79 Å². The van der Waals surface area contributed by atoms with E-state index in [1.807, 2.05) is 39.0 Å². The standard InChI is InChI=1S/C20H27BrN2O3/c1-12-5-7-13(8-6-12)17(23-19(24)26-20(2,3)4)18-22-15-11-14(21)9-10-16(15)25-18/h9-13,17H,5-8H2,1-4H3,(H,23,24)/t12?,13?,17-/m0/s1. The summed E-state index contributed by atoms with van der Waals surface area (Å²) in [6, 6.07) is 5.47. The van der Waals surface area contributed by atoms with Gasteiger partial charge in [-0.05, 0) is 63.6 Å². The minimum Gasteiger partial charge on any atom is -0.444 e. The van der Waals surface area contributed by atoms with E-state index in [2.05, 4.69) is 33.2 Å². The molecule has 1 fully saturated rings. The lowest BCUT2D eigenvalue weighted by Crippen LogP contribution is -2.38. The van der Waals surface area contributed by atoms with Crippen LogP contribution in [0.25, 0.3) is 11.1 Å². The molecular formula is C20H27BrN2O3. The van der Waals surface area contributed by atoms with E-state index in [0.717, 1.165) is 47.2 Å². The molecule has 1 amide bonds. The van der Waals surface area contributed by atoms with Crippen molar-refractivity contribution in [1.29, 1.82) is 0 Å². The highest BCUT2D eigenvalue weighted by atomic mass is 79.9. The Morgan fingerprint density at radius 1 is 1.31 bits per heavy atom. The number of ether oxygens (including phenoxy) is 1. The summed E-state index contributed by atoms with van der Waals surface area (Å²) in [5, 5.41) is 3.02. The minimum absolute atomic E-state index is 0.275. The fraction of sp³-hybridized carbons (Fsp3) is 0.600. The molecule has 0 bridgehead atoms. The fourth-order valence-electron chi connectivity index (χ4n) is 3.49. The minimum atomic E-state index is -0.540. The van der Waals surface area contributed by atoms with Crippen molar-refractivity contribution in [1.82, 2.24) is 10.3 Å². The number of oxazole rings is 1. The van der Waals surface area contributed by atoms with Gasteiger partial charge in [-0.2, -0.15) is 0 Å². The number of aromatic nitrogens is 1. The monoisotopic (exact) mass is 422 g/mol. The topological polar surface area (TPSA) is 64.4 Å². The Bertz CT molecular complexity index is 773. The number of benzene rings is 1. The molecule has 0 aliphatic heterocycles. The number of halogens is 1. The third kappa shape index (κ3) is 4.78. The first kappa shape index (κ1) is 19.2. The normalized spacial score (nSPS) is 22.2. The quantitative estimate of drug-likeness (QED) is 0.659. The third-order valence-electron chi connectivity index (χ3n) is 4.84. The van der Waals surface area contributed by atoms with Gasteiger partial charge in [-0.25, -0.2) is 9.78 Å². The van der Waals surface area contributed by atoms with E-state index in [-0.39, 0.29) is 6.04 Å². The largest absolute Gasteiger partial charge is 0.444 e. The maximum Gasteiger partial charge on any atom is 0.408 e. The summed E-state index contributed by atoms with van der Waals surface area (Å²) >= 11 is 3.46. The summed E-state index contributed by atoms with van der Waals surface area (Å²) in [7, 11) is 0. The molecule has 1 aromatic carbocycles. The molecule has 1 atom stereocenters. The second-order valence-corrected chi connectivity index (χ2v) is 9.22. The molecular weight excluding hydrogens is 396 g/mol. The Morgan fingerprint density at radius 3 is 2.65 bits per heavy atom. The summed E-state index contributed by atoms with van der Waals surface area (Å²) in [5.41, 5.74) is 0.972. The molecule has 0 unspecified atom stereocenters. The number of nitrogens with zero attached hydrogens (tertiary/aromatic N) is 1. The molecule has 0 saturated heterocycles. The van der Waals surface area contributed by atoms with E-state index in [1.54, 1.807) is 0 Å². The van der Waals surface area contributed by atoms with Gasteiger partial charge in [-0.3, -0.25) is 0 Å². The summed E-state index contributed by atoms with van der Waals surface area (Å²) in [6.45, 7) is 7.87. The molecule has 2 aromatic rings. The molecule has 1 aliphatic rings. The number of nitrogens with one attached hydrogen (secondary N) is 1. The first-order valence-corrected chi connectivity index (χ1v) is 10.1. The van der Waals surface area contributed by atoms with Crippen molar-refractivity contribution in [2.45, 2.75) is 65.0 Å². The van der Waals surface area contributed by atoms with E-state index in [9.17, 15) is 4.79 Å². The summed E-state index contributed by atoms with van der Waals surface area (Å²) in [5.74, 6) is 1.59. The van der Waals surface area contributed by atoms with Gasteiger partial charge in [-0.1, -0.05) is 35.7 Å². The molecule has 0 spiro atoms. The third-order valence-corrected chi connectivity index (χ3v) is 5.33. The number of carbonyl (C=O) groups is 1. The Morgan fingerprint density at radius 2 is 2.00 bits per heavy atom. The van der Waals surface area contributed by atoms with Crippen molar-refractivity contribution in [3.05, 3.63) is 28.6 Å². The van der Waals surface area contributed by atoms with Gasteiger partial charge >= 0.3 is 6.09 Å². The van der Waals surface area contributed by atoms with Crippen LogP contribution < -0.4 is 5.32 Å². The average molecular weight is 423 g/mol. The van der Waals surface area contributed by atoms with Gasteiger partial charge < -0.3 is 14.5 Å². The number of hydrogen-bond acceptors (Lipinski definition) is 4. The van der Waals surface area contributed by atoms with E-state index < -0.39 is 11.7 Å². The number of amides is 1. The number of rotatable bonds is 3. The Labute approximate surface area is 163 Å². The molecule has 1 N–H and O–H groups in total. The first-order valence-electron chi connectivity index (χ1n) is 9.27. The smallest absolute Gasteiger partial charge is 0.408 e. The number of fused-ring (bicyclic) bond motifs is 1. The zero-order valence-corrected chi connectivity index (χ0v) is 17.4. The molecule has 0 radical (unpaired) electrons. The maximum absolute atomic E-state index is 12.4. The molecule has 6 heteroatoms. The van der Waals surface area contributed by atoms with E-state index in [0.29, 0.717) is 11.8 Å². The number of carbonyl (C=O) groups excluding carboxylic acids is 1. The van der Waals surface area contributed by atoms with Crippen LogP contribution in [0, 0.1) is 11.8 Å². The van der Waals surface area contributed by atoms with Crippen molar-refractivity contribution in [3.63, 3.8) is 0 Å². The second kappa shape index (κ2) is 7.59. The van der Waals surface area contributed by atoms with Gasteiger partial charge in [0.1, 0.15) is 17.2 Å². The molecule has 1 aromatic heterocycles. The first-order chi connectivity index (χ1) is 12.2. The number of alkyl carbamates (subject to hydrolysis) is 1. The lowest BCUT2D eigenvalue weighted by atomic mass is 9.79. The van der Waals surface area contributed by atoms with Gasteiger partial charge in [0, 0.05) is 4.47 Å². The highest BCUT2D eigenvalue weighted by Crippen LogP contribution is 2.37. The van der Waals surface area contributed by atoms with Crippen molar-refractivity contribution >= 4 is 33.1 Å². The van der Waals surface area contributed by atoms with Crippen LogP contribution in [0.3, 0.4) is 0 Å². The molecule has 1 aliphatic carbocycles. The van der Waals surface area contributed by atoms with Crippen molar-refractivity contribution < 1.29 is 13.9 Å². The van der Waals surface area contributed by atoms with E-state index in [4.69, 9.17) is 9.15 Å². The van der Waals surface area contributed by atoms with E-state index >= 15 is 0 Å². The zero-order valence-electron chi connectivity index (χ0n) is 15.8. The van der Waals surface area contributed by atoms with Gasteiger partial charge in [0.2, 0.25) is 5.89 Å². The van der Waals surface area contributed by atoms with Gasteiger partial charge in [0.05, 0.1) is 0 Å². The van der Waals surface area contributed by atoms with Gasteiger partial charge in [0.15, 0.2) is 5.58 Å². The van der Waals surface area contributed by atoms with Crippen LogP contribution in [-0.2, 0) is 4.74 Å². The van der Waals surface area contributed by atoms with Crippen LogP contribution in [0.1, 0.15) is 65.3 Å². The Kier molecular flexibility index (Phi) is 5.61. The molecule has 5 nitrogen and oxygen atoms in total. The van der Waals surface area contributed by atoms with Crippen LogP contribution >= 0.6 is 15.9 Å². The lowest BCUT2D eigenvalue weighted by molar-refractivity contribution is 0.0459. The predicted molar refractivity (Wildman–Crippen MR) is 105 cm³/mol. The van der Waals surface area contributed by atoms with Crippen LogP contribution in [-0.4, -0.2) is 16.7 Å². The lowest BCUT2D eigenvalue weighted by Gasteiger charge is -2.32. The molecule has 1 saturated carbocycles. The zero-order chi connectivity index (χ0) is 18.9. The number of hydrogen-bond donors (Lipinski definition) is 1. The fourth-order valence-corrected chi connectivity index (χ4v) is 3.84. The Balaban J connectivity index is 1.87. The molecule has 3 rings (SSSR count). The molecule has 142 valence electrons. The average Bonchev–Trinajstić information content (AvgIpc) is 2.94. The maximum atomic E-state index is 12.4. The van der Waals surface area contributed by atoms with Crippen molar-refractivity contribution in [3.8, 4) is 0 Å². The van der Waals surface area contributed by atoms with Gasteiger partial charge in [-0.15, -0.1) is 0 Å². The molecule has 26 heavy (non-hydrogen) atoms. The highest BCUT2D eigenvalue weighted by molar-refractivity contribution is 9.10. The van der Waals surface area contributed by atoms with Crippen molar-refractivity contribution in [2.24, 2.45) is 11.8 Å². The van der Waals surface area contributed by atoms with Crippen molar-refractivity contribution in [2.75, 3.05) is 0 Å². The predicted octanol–water partition coefficient (Wildman–Crippen LogP) is 5.98.